The average Bonchev–Trinajstić information content (AvgIpc) is 1.81. The van der Waals surface area contributed by atoms with E-state index in [0.29, 0.717) is 57.2 Å². The maximum absolute atomic E-state index is 14.6. The van der Waals surface area contributed by atoms with E-state index in [4.69, 9.17) is 9.84 Å². The van der Waals surface area contributed by atoms with Gasteiger partial charge >= 0.3 is 6.18 Å². The number of ether oxygens (including phenoxy) is 1. The zero-order valence-electron chi connectivity index (χ0n) is 61.3. The van der Waals surface area contributed by atoms with Gasteiger partial charge in [-0.25, -0.2) is 17.6 Å². The molecule has 2 aromatic heterocycles. The van der Waals surface area contributed by atoms with E-state index in [2.05, 4.69) is 48.3 Å². The van der Waals surface area contributed by atoms with Gasteiger partial charge in [0.2, 0.25) is 36.0 Å². The molecule has 4 heterocycles. The van der Waals surface area contributed by atoms with Crippen LogP contribution in [0.25, 0.3) is 44.8 Å². The number of carbonyl (C=O) groups is 7. The molecular weight excluding hydrogens is 1480 g/mol. The number of nitrogens with one attached hydrogen (secondary N) is 4. The molecule has 0 spiro atoms. The number of amides is 5. The highest BCUT2D eigenvalue weighted by Crippen LogP contribution is 2.39. The summed E-state index contributed by atoms with van der Waals surface area (Å²) in [5, 5.41) is 67.8. The minimum atomic E-state index is -4.43. The van der Waals surface area contributed by atoms with Gasteiger partial charge in [-0.3, -0.25) is 43.5 Å². The normalized spacial score (nSPS) is 17.8. The van der Waals surface area contributed by atoms with Crippen LogP contribution in [0.5, 0.6) is 5.75 Å². The molecule has 5 atom stereocenters. The van der Waals surface area contributed by atoms with E-state index in [1.165, 1.54) is 41.4 Å². The van der Waals surface area contributed by atoms with Crippen molar-refractivity contribution in [3.63, 3.8) is 0 Å². The second kappa shape index (κ2) is 37.5. The van der Waals surface area contributed by atoms with Crippen LogP contribution in [0.4, 0.5) is 59.2 Å². The molecule has 6 N–H and O–H groups in total. The van der Waals surface area contributed by atoms with Crippen molar-refractivity contribution < 1.29 is 79.2 Å². The molecule has 8 aromatic rings. The van der Waals surface area contributed by atoms with Gasteiger partial charge in [0.05, 0.1) is 76.5 Å². The Kier molecular flexibility index (Phi) is 27.1. The topological polar surface area (TPSA) is 345 Å². The van der Waals surface area contributed by atoms with Crippen molar-refractivity contribution in [2.45, 2.75) is 121 Å². The van der Waals surface area contributed by atoms with Crippen molar-refractivity contribution in [2.75, 3.05) is 59.0 Å². The maximum Gasteiger partial charge on any atom is 0.389 e. The summed E-state index contributed by atoms with van der Waals surface area (Å²) in [5.41, 5.74) is 9.80. The van der Waals surface area contributed by atoms with Gasteiger partial charge in [0.15, 0.2) is 17.7 Å². The van der Waals surface area contributed by atoms with Gasteiger partial charge in [0.1, 0.15) is 36.8 Å². The lowest BCUT2D eigenvalue weighted by Gasteiger charge is -2.34. The summed E-state index contributed by atoms with van der Waals surface area (Å²) in [7, 11) is 0. The molecule has 14 rings (SSSR count). The van der Waals surface area contributed by atoms with Gasteiger partial charge in [-0.1, -0.05) is 48.5 Å². The van der Waals surface area contributed by atoms with Crippen LogP contribution in [-0.4, -0.2) is 136 Å². The third-order valence-corrected chi connectivity index (χ3v) is 19.5. The number of nitriles is 4. The first-order valence-electron chi connectivity index (χ1n) is 37.0. The molecule has 0 unspecified atom stereocenters. The fourth-order valence-electron chi connectivity index (χ4n) is 12.6. The molecule has 2 aliphatic heterocycles. The number of Topliss-reactive ketones (excluding diaryl/α,β-unsaturated/α-hetero) is 2. The number of benzene rings is 6. The van der Waals surface area contributed by atoms with Gasteiger partial charge in [0.25, 0.3) is 0 Å². The predicted molar refractivity (Wildman–Crippen MR) is 407 cm³/mol. The molecule has 6 aliphatic rings. The summed E-state index contributed by atoms with van der Waals surface area (Å²) in [4.78, 5) is 95.2. The molecule has 0 radical (unpaired) electrons. The number of pyridine rings is 2. The predicted octanol–water partition coefficient (Wildman–Crippen LogP) is 14.7. The quantitative estimate of drug-likeness (QED) is 0.0256. The zero-order chi connectivity index (χ0) is 81.3. The molecule has 6 aromatic carbocycles. The number of β-amino-alcohol motifs (C(OH)–C–C–N with tert-alkyl or cyclic N) is 1. The monoisotopic (exact) mass is 1560 g/mol. The number of aliphatic hydroxyl groups excluding tert-OH is 2. The standard InChI is InChI=1S/C24H23F2N3O4.C21H21N3O2.C20H16F3N3O2.C20H17F2N3O2/c25-19-10-18(19)24(32)28-17-3-1-2-14(9-17)15-4-5-21(16(8-15)11-27)33-22-6-7-29(12-20(22)26)23(31)13-30;22-12-17-10-16(6-7-20(17)24-9-8-19(25)13-24)15-2-1-3-18(11-15)23-21(26)14-4-5-14;21-20(22,23)7-5-18(27)16-4-3-13(9-14(16)11-24)17-10-15(6-8-25-17)26-19(28)12-1-2-12;21-19(22)6-5-18(26)16-4-3-13(9-14(16)11-23)17-10-15(7-8-24-17)25-20(27)12-1-2-12/h1-5,8-9,18-20,22,30H,6-7,10,12-13H2,(H,28,32);1-3,6-7,10-11,14,19,25H,4-5,8-9,13H2,(H,23,26);3-4,6,8-10,12H,1-2,5,7H2,(H,25,26,28);3-4,7-10,12,19H,1-2,5-6H2,(H,24,25,27)/t18-,19+,20+,22-;19-;;/m00../s1. The van der Waals surface area contributed by atoms with Crippen molar-refractivity contribution in [3.05, 3.63) is 191 Å². The van der Waals surface area contributed by atoms with Crippen LogP contribution in [0.2, 0.25) is 0 Å². The van der Waals surface area contributed by atoms with E-state index in [1.54, 1.807) is 72.9 Å². The van der Waals surface area contributed by atoms with Crippen molar-refractivity contribution >= 4 is 69.5 Å². The van der Waals surface area contributed by atoms with E-state index in [9.17, 15) is 90.4 Å². The highest BCUT2D eigenvalue weighted by atomic mass is 19.4. The van der Waals surface area contributed by atoms with Gasteiger partial charge in [-0.05, 0) is 171 Å². The highest BCUT2D eigenvalue weighted by Gasteiger charge is 2.44. The number of rotatable bonds is 23. The first kappa shape index (κ1) is 82.3. The Balaban J connectivity index is 0.000000150. The van der Waals surface area contributed by atoms with Crippen LogP contribution in [0.15, 0.2) is 158 Å². The Morgan fingerprint density at radius 3 is 1.42 bits per heavy atom. The Bertz CT molecular complexity index is 5120. The number of aromatic nitrogens is 2. The second-order valence-corrected chi connectivity index (χ2v) is 28.3. The molecule has 114 heavy (non-hydrogen) atoms. The minimum Gasteiger partial charge on any atom is -0.486 e. The highest BCUT2D eigenvalue weighted by molar-refractivity contribution is 6.01. The molecule has 586 valence electrons. The summed E-state index contributed by atoms with van der Waals surface area (Å²) in [5.74, 6) is -2.17. The number of hydrogen-bond donors (Lipinski definition) is 6. The van der Waals surface area contributed by atoms with E-state index in [1.807, 2.05) is 60.7 Å². The lowest BCUT2D eigenvalue weighted by molar-refractivity contribution is -0.138. The molecule has 2 saturated heterocycles. The average molecular weight is 1560 g/mol. The van der Waals surface area contributed by atoms with Crippen molar-refractivity contribution in [2.24, 2.45) is 23.7 Å². The third-order valence-electron chi connectivity index (χ3n) is 19.5. The van der Waals surface area contributed by atoms with E-state index >= 15 is 0 Å². The molecule has 22 nitrogen and oxygen atoms in total. The SMILES string of the molecule is N#Cc1cc(-c2cc(NC(=O)C3CC3)ccn2)ccc1C(=O)CCC(F)(F)F.N#Cc1cc(-c2cc(NC(=O)C3CC3)ccn2)ccc1C(=O)CCC(F)F.N#Cc1cc(-c2cccc(NC(=O)C3CC3)c2)ccc1N1CC[C@H](O)C1.N#Cc1cc(-c2cccc(NC(=O)[C@H]3C[C@H]3F)c2)ccc1O[C@H]1CCN(C(=O)CO)C[C@H]1F. The number of alkyl halides is 7. The number of halogens is 7. The second-order valence-electron chi connectivity index (χ2n) is 28.3. The number of anilines is 5. The summed E-state index contributed by atoms with van der Waals surface area (Å²) in [6.07, 6.45) is -3.68. The summed E-state index contributed by atoms with van der Waals surface area (Å²) in [6.45, 7) is 0.744. The molecule has 4 aliphatic carbocycles. The first-order chi connectivity index (χ1) is 54.8. The van der Waals surface area contributed by atoms with Crippen LogP contribution in [0.3, 0.4) is 0 Å². The van der Waals surface area contributed by atoms with Gasteiger partial charge in [-0.2, -0.15) is 34.2 Å². The fraction of sp³-hybridized carbons (Fsp3) is 0.329. The minimum absolute atomic E-state index is 0.0149. The Labute approximate surface area is 651 Å². The van der Waals surface area contributed by atoms with Crippen molar-refractivity contribution in [1.82, 2.24) is 14.9 Å². The van der Waals surface area contributed by atoms with Gasteiger partial charge in [-0.15, -0.1) is 0 Å². The van der Waals surface area contributed by atoms with E-state index in [0.717, 1.165) is 79.6 Å². The number of aliphatic hydroxyl groups is 2. The lowest BCUT2D eigenvalue weighted by atomic mass is 9.97. The fourth-order valence-corrected chi connectivity index (χ4v) is 12.6. The van der Waals surface area contributed by atoms with Crippen LogP contribution >= 0.6 is 0 Å². The number of hydrogen-bond acceptors (Lipinski definition) is 17. The molecule has 6 fully saturated rings. The van der Waals surface area contributed by atoms with Crippen molar-refractivity contribution in [3.8, 4) is 74.8 Å². The zero-order valence-corrected chi connectivity index (χ0v) is 61.3. The van der Waals surface area contributed by atoms with Crippen LogP contribution in [0.1, 0.15) is 126 Å². The Hall–Kier alpha value is -12.7. The van der Waals surface area contributed by atoms with E-state index < -0.39 is 80.3 Å². The number of nitrogens with zero attached hydrogens (tertiary/aromatic N) is 8. The molecule has 29 heteroatoms. The number of likely N-dealkylation sites (tertiary alicyclic amines) is 1. The number of carbonyl (C=O) groups excluding carboxylic acids is 7. The summed E-state index contributed by atoms with van der Waals surface area (Å²) in [6, 6.07) is 49.1. The van der Waals surface area contributed by atoms with Crippen LogP contribution in [0, 0.1) is 69.0 Å². The first-order valence-corrected chi connectivity index (χ1v) is 37.0. The van der Waals surface area contributed by atoms with Crippen LogP contribution < -0.4 is 30.9 Å². The van der Waals surface area contributed by atoms with Crippen molar-refractivity contribution in [1.29, 1.82) is 21.0 Å². The molecule has 4 saturated carbocycles. The summed E-state index contributed by atoms with van der Waals surface area (Å²) >= 11 is 0. The van der Waals surface area contributed by atoms with Crippen LogP contribution in [-0.2, 0) is 24.0 Å². The molecule has 5 amide bonds. The molecular formula is C85H77F7N12O10. The number of ketones is 2. The third kappa shape index (κ3) is 22.8. The van der Waals surface area contributed by atoms with E-state index in [-0.39, 0.29) is 113 Å². The largest absolute Gasteiger partial charge is 0.486 e. The summed E-state index contributed by atoms with van der Waals surface area (Å²) < 4.78 is 95.0. The lowest BCUT2D eigenvalue weighted by Crippen LogP contribution is -2.50. The Morgan fingerprint density at radius 1 is 0.518 bits per heavy atom. The molecule has 0 bridgehead atoms. The smallest absolute Gasteiger partial charge is 0.389 e. The number of piperidine rings is 1. The van der Waals surface area contributed by atoms with Gasteiger partial charge in [0, 0.05) is 120 Å². The maximum atomic E-state index is 14.6. The Morgan fingerprint density at radius 2 is 0.974 bits per heavy atom. The van der Waals surface area contributed by atoms with Gasteiger partial charge < -0.3 is 46.0 Å².